The first-order valence-corrected chi connectivity index (χ1v) is 11.3. The molecule has 0 aromatic heterocycles. The van der Waals surface area contributed by atoms with Crippen LogP contribution in [-0.4, -0.2) is 81.2 Å². The highest BCUT2D eigenvalue weighted by atomic mass is 16.6. The van der Waals surface area contributed by atoms with E-state index >= 15 is 0 Å². The molecule has 2 atom stereocenters. The summed E-state index contributed by atoms with van der Waals surface area (Å²) in [6.07, 6.45) is -1.66. The van der Waals surface area contributed by atoms with E-state index in [0.29, 0.717) is 30.5 Å². The number of benzene rings is 2. The van der Waals surface area contributed by atoms with Crippen molar-refractivity contribution >= 4 is 5.97 Å². The molecule has 35 heavy (non-hydrogen) atoms. The largest absolute Gasteiger partial charge is 0.491 e. The molecule has 0 aliphatic heterocycles. The molecule has 0 heterocycles. The summed E-state index contributed by atoms with van der Waals surface area (Å²) in [7, 11) is 0. The first kappa shape index (κ1) is 28.1. The third-order valence-electron chi connectivity index (χ3n) is 4.36. The molecule has 0 amide bonds. The molecule has 0 radical (unpaired) electrons. The number of rotatable bonds is 18. The molecule has 9 nitrogen and oxygen atoms in total. The van der Waals surface area contributed by atoms with Crippen molar-refractivity contribution < 1.29 is 43.4 Å². The number of hydrogen-bond acceptors (Lipinski definition) is 9. The van der Waals surface area contributed by atoms with Gasteiger partial charge in [0.15, 0.2) is 0 Å². The van der Waals surface area contributed by atoms with Gasteiger partial charge in [0.25, 0.3) is 0 Å². The summed E-state index contributed by atoms with van der Waals surface area (Å²) in [5, 5.41) is 19.7. The number of carbonyl (C=O) groups excluding carboxylic acids is 1. The van der Waals surface area contributed by atoms with Crippen LogP contribution in [0.1, 0.15) is 6.92 Å². The van der Waals surface area contributed by atoms with Gasteiger partial charge in [-0.3, -0.25) is 0 Å². The van der Waals surface area contributed by atoms with Crippen LogP contribution >= 0.6 is 0 Å². The summed E-state index contributed by atoms with van der Waals surface area (Å²) in [4.78, 5) is 11.3. The molecule has 9 heteroatoms. The van der Waals surface area contributed by atoms with Crippen molar-refractivity contribution in [3.8, 4) is 17.2 Å². The van der Waals surface area contributed by atoms with Gasteiger partial charge < -0.3 is 38.6 Å². The van der Waals surface area contributed by atoms with Gasteiger partial charge in [-0.25, -0.2) is 4.79 Å². The zero-order chi connectivity index (χ0) is 25.3. The number of carbonyl (C=O) groups is 1. The molecule has 0 saturated carbocycles. The highest BCUT2D eigenvalue weighted by Gasteiger charge is 2.10. The molecule has 2 unspecified atom stereocenters. The van der Waals surface area contributed by atoms with Crippen LogP contribution in [-0.2, 0) is 19.0 Å². The molecule has 0 fully saturated rings. The quantitative estimate of drug-likeness (QED) is 0.185. The smallest absolute Gasteiger partial charge is 0.333 e. The Balaban J connectivity index is 1.52. The molecule has 0 aliphatic carbocycles. The lowest BCUT2D eigenvalue weighted by Gasteiger charge is -2.14. The van der Waals surface area contributed by atoms with Crippen LogP contribution in [0.5, 0.6) is 17.2 Å². The van der Waals surface area contributed by atoms with Crippen LogP contribution in [0.4, 0.5) is 0 Å². The van der Waals surface area contributed by atoms with Crippen molar-refractivity contribution in [2.45, 2.75) is 19.1 Å². The Bertz CT molecular complexity index is 872. The molecule has 0 bridgehead atoms. The van der Waals surface area contributed by atoms with E-state index in [1.165, 1.54) is 6.92 Å². The number of hydrogen-bond donors (Lipinski definition) is 2. The number of ether oxygens (including phenoxy) is 6. The Morgan fingerprint density at radius 1 is 0.743 bits per heavy atom. The average molecular weight is 491 g/mol. The molecule has 2 N–H and O–H groups in total. The SMILES string of the molecule is C=C(C)C(=O)OCC(O)COCCOc1cccc(OCCOCC(O)COc2ccccc2)c1. The zero-order valence-electron chi connectivity index (χ0n) is 20.0. The van der Waals surface area contributed by atoms with Crippen LogP contribution in [0.2, 0.25) is 0 Å². The molecule has 0 saturated heterocycles. The fraction of sp³-hybridized carbons (Fsp3) is 0.423. The highest BCUT2D eigenvalue weighted by Crippen LogP contribution is 2.19. The fourth-order valence-corrected chi connectivity index (χ4v) is 2.63. The van der Waals surface area contributed by atoms with Crippen molar-refractivity contribution in [3.05, 3.63) is 66.7 Å². The Morgan fingerprint density at radius 3 is 1.86 bits per heavy atom. The summed E-state index contributed by atoms with van der Waals surface area (Å²) in [6.45, 7) is 6.30. The van der Waals surface area contributed by atoms with E-state index in [4.69, 9.17) is 28.4 Å². The predicted octanol–water partition coefficient (Wildman–Crippen LogP) is 2.40. The summed E-state index contributed by atoms with van der Waals surface area (Å²) in [5.41, 5.74) is 0.272. The van der Waals surface area contributed by atoms with Crippen LogP contribution in [0.3, 0.4) is 0 Å². The van der Waals surface area contributed by atoms with E-state index in [1.54, 1.807) is 24.3 Å². The topological polar surface area (TPSA) is 113 Å². The molecule has 2 aromatic carbocycles. The van der Waals surface area contributed by atoms with Crippen LogP contribution in [0, 0.1) is 0 Å². The summed E-state index contributed by atoms with van der Waals surface area (Å²) < 4.78 is 32.4. The molecule has 0 spiro atoms. The van der Waals surface area contributed by atoms with Gasteiger partial charge in [-0.1, -0.05) is 30.8 Å². The molecular formula is C26H34O9. The molecule has 2 rings (SSSR count). The first-order chi connectivity index (χ1) is 16.9. The lowest BCUT2D eigenvalue weighted by molar-refractivity contribution is -0.143. The Morgan fingerprint density at radius 2 is 1.29 bits per heavy atom. The number of aliphatic hydroxyl groups excluding tert-OH is 2. The maximum absolute atomic E-state index is 11.3. The average Bonchev–Trinajstić information content (AvgIpc) is 2.86. The monoisotopic (exact) mass is 490 g/mol. The van der Waals surface area contributed by atoms with E-state index in [9.17, 15) is 15.0 Å². The lowest BCUT2D eigenvalue weighted by atomic mass is 10.3. The number of para-hydroxylation sites is 1. The van der Waals surface area contributed by atoms with Gasteiger partial charge in [0.2, 0.25) is 0 Å². The second-order valence-electron chi connectivity index (χ2n) is 7.63. The Hall–Kier alpha value is -3.11. The van der Waals surface area contributed by atoms with Gasteiger partial charge in [-0.2, -0.15) is 0 Å². The number of esters is 1. The molecule has 192 valence electrons. The van der Waals surface area contributed by atoms with Gasteiger partial charge in [0, 0.05) is 11.6 Å². The summed E-state index contributed by atoms with van der Waals surface area (Å²) in [5.74, 6) is 1.38. The Labute approximate surface area is 205 Å². The zero-order valence-corrected chi connectivity index (χ0v) is 20.0. The van der Waals surface area contributed by atoms with Crippen LogP contribution in [0.15, 0.2) is 66.7 Å². The highest BCUT2D eigenvalue weighted by molar-refractivity contribution is 5.86. The summed E-state index contributed by atoms with van der Waals surface area (Å²) >= 11 is 0. The minimum absolute atomic E-state index is 0.0169. The molecule has 0 aliphatic rings. The Kier molecular flexibility index (Phi) is 13.3. The predicted molar refractivity (Wildman–Crippen MR) is 129 cm³/mol. The fourth-order valence-electron chi connectivity index (χ4n) is 2.63. The molecule has 2 aromatic rings. The van der Waals surface area contributed by atoms with Crippen molar-refractivity contribution in [2.75, 3.05) is 52.9 Å². The maximum atomic E-state index is 11.3. The van der Waals surface area contributed by atoms with Crippen molar-refractivity contribution in [1.29, 1.82) is 0 Å². The van der Waals surface area contributed by atoms with Crippen LogP contribution in [0.25, 0.3) is 0 Å². The van der Waals surface area contributed by atoms with E-state index in [1.807, 2.05) is 30.3 Å². The minimum Gasteiger partial charge on any atom is -0.491 e. The minimum atomic E-state index is -0.922. The third kappa shape index (κ3) is 12.8. The third-order valence-corrected chi connectivity index (χ3v) is 4.36. The second kappa shape index (κ2) is 16.5. The maximum Gasteiger partial charge on any atom is 0.333 e. The van der Waals surface area contributed by atoms with Crippen molar-refractivity contribution in [2.24, 2.45) is 0 Å². The first-order valence-electron chi connectivity index (χ1n) is 11.3. The number of aliphatic hydroxyl groups is 2. The van der Waals surface area contributed by atoms with E-state index in [-0.39, 0.29) is 45.2 Å². The second-order valence-corrected chi connectivity index (χ2v) is 7.63. The van der Waals surface area contributed by atoms with E-state index in [0.717, 1.165) is 0 Å². The van der Waals surface area contributed by atoms with Gasteiger partial charge >= 0.3 is 5.97 Å². The van der Waals surface area contributed by atoms with Gasteiger partial charge in [-0.15, -0.1) is 0 Å². The van der Waals surface area contributed by atoms with E-state index in [2.05, 4.69) is 6.58 Å². The van der Waals surface area contributed by atoms with E-state index < -0.39 is 18.2 Å². The summed E-state index contributed by atoms with van der Waals surface area (Å²) in [6, 6.07) is 16.4. The standard InChI is InChI=1S/C26H34O9/c1-20(2)26(29)35-19-22(28)17-31-12-14-33-25-10-6-9-24(15-25)32-13-11-30-16-21(27)18-34-23-7-4-3-5-8-23/h3-10,15,21-22,27-28H,1,11-14,16-19H2,2H3. The van der Waals surface area contributed by atoms with Crippen molar-refractivity contribution in [1.82, 2.24) is 0 Å². The lowest BCUT2D eigenvalue weighted by Crippen LogP contribution is -2.25. The van der Waals surface area contributed by atoms with Gasteiger partial charge in [0.05, 0.1) is 26.4 Å². The van der Waals surface area contributed by atoms with Crippen LogP contribution < -0.4 is 14.2 Å². The molecular weight excluding hydrogens is 456 g/mol. The normalized spacial score (nSPS) is 12.4. The van der Waals surface area contributed by atoms with Crippen molar-refractivity contribution in [3.63, 3.8) is 0 Å². The van der Waals surface area contributed by atoms with Gasteiger partial charge in [0.1, 0.15) is 55.9 Å². The van der Waals surface area contributed by atoms with Gasteiger partial charge in [-0.05, 0) is 31.2 Å².